The first-order chi connectivity index (χ1) is 8.25. The first-order valence-electron chi connectivity index (χ1n) is 6.47. The molecule has 2 rings (SSSR count). The number of carbonyl (C=O) groups excluding carboxylic acids is 1. The van der Waals surface area contributed by atoms with E-state index >= 15 is 0 Å². The maximum atomic E-state index is 11.9. The van der Waals surface area contributed by atoms with Crippen molar-refractivity contribution in [2.75, 3.05) is 6.61 Å². The molecule has 0 aliphatic heterocycles. The molecule has 0 spiro atoms. The van der Waals surface area contributed by atoms with Gasteiger partial charge < -0.3 is 4.74 Å². The molecule has 1 aromatic carbocycles. The molecule has 0 radical (unpaired) electrons. The van der Waals surface area contributed by atoms with Crippen molar-refractivity contribution < 1.29 is 9.53 Å². The van der Waals surface area contributed by atoms with Gasteiger partial charge in [0.1, 0.15) is 6.61 Å². The minimum Gasteiger partial charge on any atom is -0.370 e. The quantitative estimate of drug-likeness (QED) is 0.742. The van der Waals surface area contributed by atoms with Gasteiger partial charge >= 0.3 is 0 Å². The average Bonchev–Trinajstić information content (AvgIpc) is 2.37. The molecule has 0 unspecified atom stereocenters. The zero-order valence-corrected chi connectivity index (χ0v) is 10.4. The minimum atomic E-state index is 0.0965. The van der Waals surface area contributed by atoms with Gasteiger partial charge in [0.15, 0.2) is 5.78 Å². The fourth-order valence-corrected chi connectivity index (χ4v) is 2.33. The molecule has 1 aliphatic rings. The van der Waals surface area contributed by atoms with E-state index in [2.05, 4.69) is 0 Å². The summed E-state index contributed by atoms with van der Waals surface area (Å²) < 4.78 is 5.69. The van der Waals surface area contributed by atoms with Crippen LogP contribution in [-0.2, 0) is 4.74 Å². The molecule has 0 bridgehead atoms. The maximum Gasteiger partial charge on any atom is 0.188 e. The summed E-state index contributed by atoms with van der Waals surface area (Å²) >= 11 is 0. The van der Waals surface area contributed by atoms with Crippen molar-refractivity contribution in [3.8, 4) is 0 Å². The second kappa shape index (κ2) is 5.97. The van der Waals surface area contributed by atoms with E-state index in [9.17, 15) is 4.79 Å². The zero-order chi connectivity index (χ0) is 12.1. The van der Waals surface area contributed by atoms with Gasteiger partial charge in [0.2, 0.25) is 0 Å². The third kappa shape index (κ3) is 3.67. The summed E-state index contributed by atoms with van der Waals surface area (Å²) in [5.74, 6) is 0.0965. The Morgan fingerprint density at radius 2 is 2.06 bits per heavy atom. The molecule has 2 nitrogen and oxygen atoms in total. The molecule has 92 valence electrons. The molecule has 2 heteroatoms. The molecule has 1 aliphatic carbocycles. The van der Waals surface area contributed by atoms with Gasteiger partial charge in [-0.15, -0.1) is 0 Å². The van der Waals surface area contributed by atoms with E-state index in [1.165, 1.54) is 19.3 Å². The molecule has 0 amide bonds. The first kappa shape index (κ1) is 12.3. The summed E-state index contributed by atoms with van der Waals surface area (Å²) in [5.41, 5.74) is 1.88. The Labute approximate surface area is 103 Å². The second-order valence-corrected chi connectivity index (χ2v) is 4.86. The van der Waals surface area contributed by atoms with E-state index in [1.54, 1.807) is 0 Å². The summed E-state index contributed by atoms with van der Waals surface area (Å²) in [6.07, 6.45) is 6.32. The SMILES string of the molecule is Cc1cccc(C(=O)COC2CCCCC2)c1. The van der Waals surface area contributed by atoms with Crippen LogP contribution < -0.4 is 0 Å². The van der Waals surface area contributed by atoms with Crippen LogP contribution in [0.2, 0.25) is 0 Å². The Morgan fingerprint density at radius 1 is 1.29 bits per heavy atom. The van der Waals surface area contributed by atoms with E-state index < -0.39 is 0 Å². The number of ether oxygens (including phenoxy) is 1. The minimum absolute atomic E-state index is 0.0965. The maximum absolute atomic E-state index is 11.9. The molecule has 0 saturated heterocycles. The number of aryl methyl sites for hydroxylation is 1. The number of Topliss-reactive ketones (excluding diaryl/α,β-unsaturated/α-hetero) is 1. The van der Waals surface area contributed by atoms with Gasteiger partial charge in [-0.1, -0.05) is 43.0 Å². The largest absolute Gasteiger partial charge is 0.370 e. The molecular weight excluding hydrogens is 212 g/mol. The second-order valence-electron chi connectivity index (χ2n) is 4.86. The van der Waals surface area contributed by atoms with Crippen molar-refractivity contribution in [3.05, 3.63) is 35.4 Å². The molecule has 0 atom stereocenters. The molecule has 17 heavy (non-hydrogen) atoms. The predicted molar refractivity (Wildman–Crippen MR) is 68.3 cm³/mol. The van der Waals surface area contributed by atoms with Crippen molar-refractivity contribution in [1.29, 1.82) is 0 Å². The van der Waals surface area contributed by atoms with Gasteiger partial charge in [0, 0.05) is 5.56 Å². The summed E-state index contributed by atoms with van der Waals surface area (Å²) in [6.45, 7) is 2.23. The molecular formula is C15H20O2. The lowest BCUT2D eigenvalue weighted by Gasteiger charge is -2.21. The summed E-state index contributed by atoms with van der Waals surface area (Å²) in [5, 5.41) is 0. The number of carbonyl (C=O) groups is 1. The van der Waals surface area contributed by atoms with Crippen LogP contribution in [0.4, 0.5) is 0 Å². The fraction of sp³-hybridized carbons (Fsp3) is 0.533. The van der Waals surface area contributed by atoms with Gasteiger partial charge in [-0.25, -0.2) is 0 Å². The Kier molecular flexibility index (Phi) is 4.32. The molecule has 0 aromatic heterocycles. The molecule has 1 saturated carbocycles. The standard InChI is InChI=1S/C15H20O2/c1-12-6-5-7-13(10-12)15(16)11-17-14-8-3-2-4-9-14/h5-7,10,14H,2-4,8-9,11H2,1H3. The Morgan fingerprint density at radius 3 is 2.76 bits per heavy atom. The zero-order valence-electron chi connectivity index (χ0n) is 10.4. The van der Waals surface area contributed by atoms with Gasteiger partial charge in [0.05, 0.1) is 6.10 Å². The van der Waals surface area contributed by atoms with Gasteiger partial charge in [-0.2, -0.15) is 0 Å². The number of hydrogen-bond acceptors (Lipinski definition) is 2. The van der Waals surface area contributed by atoms with Gasteiger partial charge in [0.25, 0.3) is 0 Å². The highest BCUT2D eigenvalue weighted by atomic mass is 16.5. The van der Waals surface area contributed by atoms with Crippen LogP contribution in [-0.4, -0.2) is 18.5 Å². The predicted octanol–water partition coefficient (Wildman–Crippen LogP) is 3.53. The Balaban J connectivity index is 1.84. The van der Waals surface area contributed by atoms with E-state index in [4.69, 9.17) is 4.74 Å². The topological polar surface area (TPSA) is 26.3 Å². The van der Waals surface area contributed by atoms with Crippen LogP contribution in [0.1, 0.15) is 48.0 Å². The molecule has 1 fully saturated rings. The molecule has 1 aromatic rings. The summed E-state index contributed by atoms with van der Waals surface area (Å²) in [7, 11) is 0. The van der Waals surface area contributed by atoms with Gasteiger partial charge in [-0.05, 0) is 25.8 Å². The van der Waals surface area contributed by atoms with E-state index in [0.29, 0.717) is 6.10 Å². The number of rotatable bonds is 4. The average molecular weight is 232 g/mol. The lowest BCUT2D eigenvalue weighted by Crippen LogP contribution is -2.21. The van der Waals surface area contributed by atoms with Crippen LogP contribution in [0.5, 0.6) is 0 Å². The first-order valence-corrected chi connectivity index (χ1v) is 6.47. The Hall–Kier alpha value is -1.15. The molecule has 0 N–H and O–H groups in total. The number of benzene rings is 1. The normalized spacial score (nSPS) is 17.0. The van der Waals surface area contributed by atoms with Crippen LogP contribution in [0.15, 0.2) is 24.3 Å². The van der Waals surface area contributed by atoms with Crippen LogP contribution in [0.3, 0.4) is 0 Å². The van der Waals surface area contributed by atoms with Crippen LogP contribution >= 0.6 is 0 Å². The third-order valence-electron chi connectivity index (χ3n) is 3.34. The van der Waals surface area contributed by atoms with Crippen molar-refractivity contribution in [2.45, 2.75) is 45.1 Å². The van der Waals surface area contributed by atoms with E-state index in [0.717, 1.165) is 24.0 Å². The lowest BCUT2D eigenvalue weighted by atomic mass is 9.98. The van der Waals surface area contributed by atoms with Crippen LogP contribution in [0.25, 0.3) is 0 Å². The third-order valence-corrected chi connectivity index (χ3v) is 3.34. The fourth-order valence-electron chi connectivity index (χ4n) is 2.33. The lowest BCUT2D eigenvalue weighted by molar-refractivity contribution is 0.0284. The highest BCUT2D eigenvalue weighted by Crippen LogP contribution is 2.20. The molecule has 0 heterocycles. The summed E-state index contributed by atoms with van der Waals surface area (Å²) in [6, 6.07) is 7.70. The van der Waals surface area contributed by atoms with Crippen LogP contribution in [0, 0.1) is 6.92 Å². The number of ketones is 1. The van der Waals surface area contributed by atoms with Crippen molar-refractivity contribution in [3.63, 3.8) is 0 Å². The van der Waals surface area contributed by atoms with Crippen molar-refractivity contribution in [1.82, 2.24) is 0 Å². The smallest absolute Gasteiger partial charge is 0.188 e. The van der Waals surface area contributed by atoms with E-state index in [1.807, 2.05) is 31.2 Å². The van der Waals surface area contributed by atoms with Crippen molar-refractivity contribution >= 4 is 5.78 Å². The highest BCUT2D eigenvalue weighted by Gasteiger charge is 2.15. The Bertz CT molecular complexity index is 378. The highest BCUT2D eigenvalue weighted by molar-refractivity contribution is 5.97. The monoisotopic (exact) mass is 232 g/mol. The number of hydrogen-bond donors (Lipinski definition) is 0. The van der Waals surface area contributed by atoms with E-state index in [-0.39, 0.29) is 12.4 Å². The summed E-state index contributed by atoms with van der Waals surface area (Å²) in [4.78, 5) is 11.9. The van der Waals surface area contributed by atoms with Crippen molar-refractivity contribution in [2.24, 2.45) is 0 Å². The van der Waals surface area contributed by atoms with Gasteiger partial charge in [-0.3, -0.25) is 4.79 Å².